The molecule has 0 spiro atoms. The predicted molar refractivity (Wildman–Crippen MR) is 115 cm³/mol. The molecule has 0 fully saturated rings. The summed E-state index contributed by atoms with van der Waals surface area (Å²) in [4.78, 5) is 14.1. The molecule has 0 radical (unpaired) electrons. The van der Waals surface area contributed by atoms with E-state index in [1.807, 2.05) is 40.0 Å². The maximum Gasteiger partial charge on any atom is 0.410 e. The molecule has 0 saturated heterocycles. The van der Waals surface area contributed by atoms with Crippen LogP contribution < -0.4 is 5.32 Å². The van der Waals surface area contributed by atoms with E-state index >= 15 is 0 Å². The van der Waals surface area contributed by atoms with Crippen LogP contribution in [-0.4, -0.2) is 36.7 Å². The molecule has 0 aliphatic heterocycles. The van der Waals surface area contributed by atoms with E-state index in [1.54, 1.807) is 4.90 Å². The van der Waals surface area contributed by atoms with Crippen LogP contribution >= 0.6 is 0 Å². The average molecular weight is 383 g/mol. The SMILES string of the molecule is CN(C[C@H](CCNCc1ccccc1)Cc1ccccc1)C(=O)OC(C)(C)C. The molecule has 4 heteroatoms. The maximum atomic E-state index is 12.3. The van der Waals surface area contributed by atoms with Crippen LogP contribution in [0.5, 0.6) is 0 Å². The van der Waals surface area contributed by atoms with Crippen LogP contribution in [0.15, 0.2) is 60.7 Å². The van der Waals surface area contributed by atoms with Crippen LogP contribution in [0.4, 0.5) is 4.79 Å². The van der Waals surface area contributed by atoms with Crippen LogP contribution in [-0.2, 0) is 17.7 Å². The fraction of sp³-hybridized carbons (Fsp3) is 0.458. The minimum Gasteiger partial charge on any atom is -0.444 e. The van der Waals surface area contributed by atoms with Crippen molar-refractivity contribution in [2.24, 2.45) is 5.92 Å². The number of nitrogens with zero attached hydrogens (tertiary/aromatic N) is 1. The summed E-state index contributed by atoms with van der Waals surface area (Å²) in [5.74, 6) is 0.364. The molecule has 0 heterocycles. The van der Waals surface area contributed by atoms with E-state index < -0.39 is 5.60 Å². The highest BCUT2D eigenvalue weighted by Crippen LogP contribution is 2.16. The summed E-state index contributed by atoms with van der Waals surface area (Å²) in [6, 6.07) is 20.9. The first-order valence-corrected chi connectivity index (χ1v) is 10.1. The van der Waals surface area contributed by atoms with Gasteiger partial charge in [-0.2, -0.15) is 0 Å². The van der Waals surface area contributed by atoms with Crippen molar-refractivity contribution in [2.75, 3.05) is 20.1 Å². The zero-order valence-electron chi connectivity index (χ0n) is 17.7. The molecule has 0 saturated carbocycles. The van der Waals surface area contributed by atoms with Gasteiger partial charge in [-0.15, -0.1) is 0 Å². The lowest BCUT2D eigenvalue weighted by Gasteiger charge is -2.28. The van der Waals surface area contributed by atoms with E-state index in [2.05, 4.69) is 53.8 Å². The van der Waals surface area contributed by atoms with Crippen molar-refractivity contribution in [1.82, 2.24) is 10.2 Å². The molecule has 2 rings (SSSR count). The minimum atomic E-state index is -0.475. The van der Waals surface area contributed by atoms with Gasteiger partial charge in [0.15, 0.2) is 0 Å². The number of ether oxygens (including phenoxy) is 1. The highest BCUT2D eigenvalue weighted by molar-refractivity contribution is 5.67. The Bertz CT molecular complexity index is 696. The van der Waals surface area contributed by atoms with Crippen molar-refractivity contribution >= 4 is 6.09 Å². The number of rotatable bonds is 9. The first-order valence-electron chi connectivity index (χ1n) is 10.1. The first-order chi connectivity index (χ1) is 13.3. The predicted octanol–water partition coefficient (Wildman–Crippen LogP) is 4.89. The Kier molecular flexibility index (Phi) is 8.52. The van der Waals surface area contributed by atoms with Gasteiger partial charge in [0.05, 0.1) is 0 Å². The highest BCUT2D eigenvalue weighted by atomic mass is 16.6. The van der Waals surface area contributed by atoms with Crippen molar-refractivity contribution in [3.63, 3.8) is 0 Å². The van der Waals surface area contributed by atoms with E-state index in [4.69, 9.17) is 4.74 Å². The van der Waals surface area contributed by atoms with Gasteiger partial charge < -0.3 is 15.0 Å². The van der Waals surface area contributed by atoms with Crippen LogP contribution in [0, 0.1) is 5.92 Å². The fourth-order valence-corrected chi connectivity index (χ4v) is 3.14. The lowest BCUT2D eigenvalue weighted by Crippen LogP contribution is -2.38. The summed E-state index contributed by atoms with van der Waals surface area (Å²) in [5.41, 5.74) is 2.11. The molecule has 0 aliphatic carbocycles. The van der Waals surface area contributed by atoms with Gasteiger partial charge in [-0.3, -0.25) is 0 Å². The molecule has 0 bridgehead atoms. The fourth-order valence-electron chi connectivity index (χ4n) is 3.14. The molecule has 0 aliphatic rings. The molecule has 1 amide bonds. The van der Waals surface area contributed by atoms with Crippen molar-refractivity contribution < 1.29 is 9.53 Å². The quantitative estimate of drug-likeness (QED) is 0.628. The number of carbonyl (C=O) groups excluding carboxylic acids is 1. The van der Waals surface area contributed by atoms with E-state index in [-0.39, 0.29) is 6.09 Å². The Balaban J connectivity index is 1.89. The third-order valence-electron chi connectivity index (χ3n) is 4.51. The third-order valence-corrected chi connectivity index (χ3v) is 4.51. The number of amides is 1. The second kappa shape index (κ2) is 10.9. The first kappa shape index (κ1) is 22.0. The molecule has 2 aromatic rings. The summed E-state index contributed by atoms with van der Waals surface area (Å²) in [7, 11) is 1.82. The van der Waals surface area contributed by atoms with Gasteiger partial charge in [-0.1, -0.05) is 60.7 Å². The molecule has 0 aromatic heterocycles. The molecule has 1 atom stereocenters. The number of hydrogen-bond acceptors (Lipinski definition) is 3. The van der Waals surface area contributed by atoms with Crippen molar-refractivity contribution in [3.8, 4) is 0 Å². The Hall–Kier alpha value is -2.33. The van der Waals surface area contributed by atoms with Gasteiger partial charge in [-0.05, 0) is 57.2 Å². The number of hydrogen-bond donors (Lipinski definition) is 1. The minimum absolute atomic E-state index is 0.261. The smallest absolute Gasteiger partial charge is 0.410 e. The molecular weight excluding hydrogens is 348 g/mol. The second-order valence-electron chi connectivity index (χ2n) is 8.37. The third kappa shape index (κ3) is 8.57. The summed E-state index contributed by atoms with van der Waals surface area (Å²) < 4.78 is 5.51. The Labute approximate surface area is 169 Å². The molecule has 1 N–H and O–H groups in total. The normalized spacial score (nSPS) is 12.4. The van der Waals surface area contributed by atoms with E-state index in [0.717, 1.165) is 25.9 Å². The molecule has 2 aromatic carbocycles. The largest absolute Gasteiger partial charge is 0.444 e. The molecule has 0 unspecified atom stereocenters. The van der Waals surface area contributed by atoms with Gasteiger partial charge in [0, 0.05) is 20.1 Å². The summed E-state index contributed by atoms with van der Waals surface area (Å²) in [5, 5.41) is 3.52. The van der Waals surface area contributed by atoms with Crippen molar-refractivity contribution in [3.05, 3.63) is 71.8 Å². The zero-order valence-corrected chi connectivity index (χ0v) is 17.7. The van der Waals surface area contributed by atoms with Gasteiger partial charge in [0.2, 0.25) is 0 Å². The summed E-state index contributed by atoms with van der Waals surface area (Å²) in [6.07, 6.45) is 1.68. The lowest BCUT2D eigenvalue weighted by molar-refractivity contribution is 0.0270. The monoisotopic (exact) mass is 382 g/mol. The van der Waals surface area contributed by atoms with Gasteiger partial charge >= 0.3 is 6.09 Å². The van der Waals surface area contributed by atoms with Crippen molar-refractivity contribution in [2.45, 2.75) is 45.8 Å². The van der Waals surface area contributed by atoms with Gasteiger partial charge in [-0.25, -0.2) is 4.79 Å². The van der Waals surface area contributed by atoms with Crippen LogP contribution in [0.2, 0.25) is 0 Å². The van der Waals surface area contributed by atoms with E-state index in [9.17, 15) is 4.79 Å². The van der Waals surface area contributed by atoms with Crippen LogP contribution in [0.25, 0.3) is 0 Å². The standard InChI is InChI=1S/C24H34N2O2/c1-24(2,3)28-23(27)26(4)19-22(17-20-11-7-5-8-12-20)15-16-25-18-21-13-9-6-10-14-21/h5-14,22,25H,15-19H2,1-4H3/t22-/m1/s1. The number of benzene rings is 2. The maximum absolute atomic E-state index is 12.3. The molecule has 4 nitrogen and oxygen atoms in total. The molecule has 28 heavy (non-hydrogen) atoms. The van der Waals surface area contributed by atoms with Gasteiger partial charge in [0.25, 0.3) is 0 Å². The Morgan fingerprint density at radius 2 is 1.57 bits per heavy atom. The van der Waals surface area contributed by atoms with E-state index in [0.29, 0.717) is 12.5 Å². The number of nitrogens with one attached hydrogen (secondary N) is 1. The Morgan fingerprint density at radius 3 is 2.14 bits per heavy atom. The topological polar surface area (TPSA) is 41.6 Å². The second-order valence-corrected chi connectivity index (χ2v) is 8.37. The summed E-state index contributed by atoms with van der Waals surface area (Å²) in [6.45, 7) is 8.14. The molecule has 152 valence electrons. The zero-order chi connectivity index (χ0) is 20.4. The summed E-state index contributed by atoms with van der Waals surface area (Å²) >= 11 is 0. The van der Waals surface area contributed by atoms with Crippen LogP contribution in [0.3, 0.4) is 0 Å². The molecular formula is C24H34N2O2. The Morgan fingerprint density at radius 1 is 1.00 bits per heavy atom. The van der Waals surface area contributed by atoms with E-state index in [1.165, 1.54) is 11.1 Å². The van der Waals surface area contributed by atoms with Crippen molar-refractivity contribution in [1.29, 1.82) is 0 Å². The number of carbonyl (C=O) groups is 1. The lowest BCUT2D eigenvalue weighted by atomic mass is 9.95. The highest BCUT2D eigenvalue weighted by Gasteiger charge is 2.22. The van der Waals surface area contributed by atoms with Crippen LogP contribution in [0.1, 0.15) is 38.3 Å². The average Bonchev–Trinajstić information content (AvgIpc) is 2.65. The van der Waals surface area contributed by atoms with Gasteiger partial charge in [0.1, 0.15) is 5.60 Å².